The summed E-state index contributed by atoms with van der Waals surface area (Å²) in [6.07, 6.45) is 2.72. The van der Waals surface area contributed by atoms with Gasteiger partial charge in [-0.15, -0.1) is 0 Å². The van der Waals surface area contributed by atoms with E-state index in [1.165, 1.54) is 16.1 Å². The van der Waals surface area contributed by atoms with E-state index < -0.39 is 5.79 Å². The van der Waals surface area contributed by atoms with E-state index in [0.29, 0.717) is 28.8 Å². The highest BCUT2D eigenvalue weighted by Crippen LogP contribution is 2.40. The predicted octanol–water partition coefficient (Wildman–Crippen LogP) is 5.44. The average molecular weight is 707 g/mol. The maximum absolute atomic E-state index is 12.8. The summed E-state index contributed by atoms with van der Waals surface area (Å²) >= 11 is 12.7. The van der Waals surface area contributed by atoms with Gasteiger partial charge in [0.15, 0.2) is 0 Å². The van der Waals surface area contributed by atoms with E-state index in [-0.39, 0.29) is 37.2 Å². The molecular formula is C35H37Cl2N7O5. The molecule has 3 aliphatic heterocycles. The van der Waals surface area contributed by atoms with Gasteiger partial charge in [0.1, 0.15) is 44.2 Å². The predicted molar refractivity (Wildman–Crippen MR) is 187 cm³/mol. The van der Waals surface area contributed by atoms with Crippen LogP contribution in [-0.2, 0) is 26.6 Å². The van der Waals surface area contributed by atoms with Gasteiger partial charge in [0, 0.05) is 59.9 Å². The van der Waals surface area contributed by atoms with Crippen molar-refractivity contribution < 1.29 is 23.8 Å². The fraction of sp³-hybridized carbons (Fsp3) is 0.371. The van der Waals surface area contributed by atoms with E-state index in [1.807, 2.05) is 56.3 Å². The molecule has 0 unspecified atom stereocenters. The molecule has 14 heteroatoms. The number of hydrogen-bond acceptors (Lipinski definition) is 9. The van der Waals surface area contributed by atoms with Crippen molar-refractivity contribution in [2.24, 2.45) is 0 Å². The van der Waals surface area contributed by atoms with Gasteiger partial charge in [-0.3, -0.25) is 14.6 Å². The van der Waals surface area contributed by atoms with Gasteiger partial charge in [0.2, 0.25) is 5.79 Å². The number of amides is 3. The molecule has 49 heavy (non-hydrogen) atoms. The van der Waals surface area contributed by atoms with Crippen molar-refractivity contribution in [3.8, 4) is 5.75 Å². The number of nitrogens with zero attached hydrogens (tertiary/aromatic N) is 7. The molecule has 3 fully saturated rings. The van der Waals surface area contributed by atoms with Crippen LogP contribution in [0.4, 0.5) is 21.9 Å². The Kier molecular flexibility index (Phi) is 9.38. The lowest BCUT2D eigenvalue weighted by Crippen LogP contribution is -2.46. The molecule has 0 spiro atoms. The first kappa shape index (κ1) is 33.2. The van der Waals surface area contributed by atoms with E-state index in [0.717, 1.165) is 49.0 Å². The third-order valence-corrected chi connectivity index (χ3v) is 9.54. The number of carbonyl (C=O) groups excluding carboxylic acids is 2. The fourth-order valence-electron chi connectivity index (χ4n) is 6.52. The van der Waals surface area contributed by atoms with Crippen LogP contribution in [0.3, 0.4) is 0 Å². The molecule has 3 saturated heterocycles. The maximum atomic E-state index is 12.8. The average Bonchev–Trinajstić information content (AvgIpc) is 3.84. The van der Waals surface area contributed by atoms with Crippen LogP contribution in [0.25, 0.3) is 0 Å². The topological polar surface area (TPSA) is 106 Å². The zero-order valence-electron chi connectivity index (χ0n) is 27.2. The van der Waals surface area contributed by atoms with Crippen molar-refractivity contribution in [3.05, 3.63) is 95.0 Å². The number of imide groups is 1. The van der Waals surface area contributed by atoms with Crippen LogP contribution < -0.4 is 19.4 Å². The molecule has 2 atom stereocenters. The summed E-state index contributed by atoms with van der Waals surface area (Å²) < 4.78 is 20.5. The highest BCUT2D eigenvalue weighted by molar-refractivity contribution is 6.35. The standard InChI is InChI=1S/C35H37Cl2N7O5/c1-24(2)44-33(45)18-43(34(44)46)28-6-4-26(5-7-28)40-13-15-41(16-14-40)27-8-10-29(11-9-27)47-19-30-20-48-35(49-30,21-42-23-38-22-39-42)31-12-3-25(36)17-32(31)37/h3-12,17,22-24,30H,13-16,18-21H2,1-2H3/t30-,35-/m1/s1. The molecule has 0 N–H and O–H groups in total. The van der Waals surface area contributed by atoms with Crippen LogP contribution >= 0.6 is 23.2 Å². The quantitative estimate of drug-likeness (QED) is 0.200. The Balaban J connectivity index is 0.917. The summed E-state index contributed by atoms with van der Waals surface area (Å²) in [6.45, 7) is 8.06. The molecule has 0 bridgehead atoms. The summed E-state index contributed by atoms with van der Waals surface area (Å²) in [7, 11) is 0. The minimum atomic E-state index is -1.17. The summed E-state index contributed by atoms with van der Waals surface area (Å²) in [4.78, 5) is 36.7. The van der Waals surface area contributed by atoms with Gasteiger partial charge >= 0.3 is 6.03 Å². The lowest BCUT2D eigenvalue weighted by Gasteiger charge is -2.37. The third kappa shape index (κ3) is 6.91. The fourth-order valence-corrected chi connectivity index (χ4v) is 7.07. The molecule has 1 aromatic heterocycles. The van der Waals surface area contributed by atoms with E-state index in [9.17, 15) is 9.59 Å². The molecule has 4 aromatic rings. The molecule has 12 nitrogen and oxygen atoms in total. The van der Waals surface area contributed by atoms with Crippen LogP contribution in [0.1, 0.15) is 19.4 Å². The zero-order valence-corrected chi connectivity index (χ0v) is 28.8. The number of benzene rings is 3. The minimum Gasteiger partial charge on any atom is -0.491 e. The normalized spacial score (nSPS) is 21.4. The Morgan fingerprint density at radius 3 is 2.16 bits per heavy atom. The zero-order chi connectivity index (χ0) is 34.1. The molecule has 4 heterocycles. The van der Waals surface area contributed by atoms with Crippen LogP contribution in [0.15, 0.2) is 79.4 Å². The number of rotatable bonds is 10. The Bertz CT molecular complexity index is 1780. The first-order valence-corrected chi connectivity index (χ1v) is 17.0. The summed E-state index contributed by atoms with van der Waals surface area (Å²) in [5.74, 6) is -0.598. The van der Waals surface area contributed by atoms with Gasteiger partial charge in [-0.25, -0.2) is 14.5 Å². The number of urea groups is 1. The molecular weight excluding hydrogens is 669 g/mol. The smallest absolute Gasteiger partial charge is 0.331 e. The number of hydrogen-bond donors (Lipinski definition) is 0. The Morgan fingerprint density at radius 1 is 0.918 bits per heavy atom. The minimum absolute atomic E-state index is 0.0763. The van der Waals surface area contributed by atoms with Gasteiger partial charge in [-0.2, -0.15) is 5.10 Å². The lowest BCUT2D eigenvalue weighted by molar-refractivity contribution is -0.190. The van der Waals surface area contributed by atoms with Crippen molar-refractivity contribution in [2.45, 2.75) is 38.3 Å². The van der Waals surface area contributed by atoms with Gasteiger partial charge in [-0.1, -0.05) is 29.3 Å². The van der Waals surface area contributed by atoms with Crippen molar-refractivity contribution in [1.29, 1.82) is 0 Å². The molecule has 0 radical (unpaired) electrons. The number of ether oxygens (including phenoxy) is 3. The van der Waals surface area contributed by atoms with Crippen LogP contribution in [0.2, 0.25) is 10.0 Å². The Hall–Kier alpha value is -4.36. The van der Waals surface area contributed by atoms with Crippen LogP contribution in [-0.4, -0.2) is 89.7 Å². The molecule has 3 aromatic carbocycles. The van der Waals surface area contributed by atoms with Gasteiger partial charge in [0.25, 0.3) is 5.91 Å². The molecule has 3 aliphatic rings. The third-order valence-electron chi connectivity index (χ3n) is 9.00. The number of carbonyl (C=O) groups is 2. The monoisotopic (exact) mass is 705 g/mol. The molecule has 3 amide bonds. The maximum Gasteiger partial charge on any atom is 0.331 e. The summed E-state index contributed by atoms with van der Waals surface area (Å²) in [6, 6.07) is 20.8. The first-order valence-electron chi connectivity index (χ1n) is 16.3. The summed E-state index contributed by atoms with van der Waals surface area (Å²) in [5, 5.41) is 5.19. The highest BCUT2D eigenvalue weighted by atomic mass is 35.5. The molecule has 256 valence electrons. The Morgan fingerprint density at radius 2 is 1.57 bits per heavy atom. The first-order chi connectivity index (χ1) is 23.7. The highest BCUT2D eigenvalue weighted by Gasteiger charge is 2.46. The Labute approximate surface area is 294 Å². The second-order valence-corrected chi connectivity index (χ2v) is 13.4. The number of halogens is 2. The van der Waals surface area contributed by atoms with Crippen LogP contribution in [0.5, 0.6) is 5.75 Å². The lowest BCUT2D eigenvalue weighted by atomic mass is 10.1. The van der Waals surface area contributed by atoms with Crippen molar-refractivity contribution in [1.82, 2.24) is 19.7 Å². The van der Waals surface area contributed by atoms with E-state index in [1.54, 1.807) is 23.1 Å². The van der Waals surface area contributed by atoms with E-state index in [4.69, 9.17) is 37.4 Å². The molecule has 0 aliphatic carbocycles. The number of piperazine rings is 1. The largest absolute Gasteiger partial charge is 0.491 e. The second-order valence-electron chi connectivity index (χ2n) is 12.5. The summed E-state index contributed by atoms with van der Waals surface area (Å²) in [5.41, 5.74) is 3.61. The van der Waals surface area contributed by atoms with Crippen molar-refractivity contribution in [2.75, 3.05) is 60.6 Å². The van der Waals surface area contributed by atoms with Crippen molar-refractivity contribution in [3.63, 3.8) is 0 Å². The van der Waals surface area contributed by atoms with Gasteiger partial charge in [-0.05, 0) is 74.5 Å². The number of aromatic nitrogens is 3. The molecule has 0 saturated carbocycles. The van der Waals surface area contributed by atoms with E-state index >= 15 is 0 Å². The van der Waals surface area contributed by atoms with Gasteiger partial charge < -0.3 is 24.0 Å². The van der Waals surface area contributed by atoms with Crippen molar-refractivity contribution >= 4 is 52.2 Å². The van der Waals surface area contributed by atoms with E-state index in [2.05, 4.69) is 32.0 Å². The molecule has 7 rings (SSSR count). The second kappa shape index (κ2) is 13.9. The van der Waals surface area contributed by atoms with Crippen LogP contribution in [0, 0.1) is 0 Å². The number of anilines is 3. The van der Waals surface area contributed by atoms with Gasteiger partial charge in [0.05, 0.1) is 11.6 Å². The SMILES string of the molecule is CC(C)N1C(=O)CN(c2ccc(N3CCN(c4ccc(OC[C@@H]5CO[C@@](Cn6cncn6)(c6ccc(Cl)cc6Cl)O5)cc4)CC3)cc2)C1=O.